The van der Waals surface area contributed by atoms with Crippen molar-refractivity contribution in [3.63, 3.8) is 0 Å². The zero-order chi connectivity index (χ0) is 19.7. The summed E-state index contributed by atoms with van der Waals surface area (Å²) in [6, 6.07) is 5.04. The molecular formula is C21H31ClN4O3. The van der Waals surface area contributed by atoms with Gasteiger partial charge in [0.15, 0.2) is 0 Å². The molecule has 1 aromatic rings. The Morgan fingerprint density at radius 1 is 1.07 bits per heavy atom. The fourth-order valence-corrected chi connectivity index (χ4v) is 4.92. The van der Waals surface area contributed by atoms with Crippen molar-refractivity contribution in [1.82, 2.24) is 10.2 Å². The average Bonchev–Trinajstić information content (AvgIpc) is 3.06. The molecule has 4 rings (SSSR count). The third-order valence-corrected chi connectivity index (χ3v) is 6.85. The van der Waals surface area contributed by atoms with Gasteiger partial charge < -0.3 is 15.1 Å². The molecule has 1 amide bonds. The van der Waals surface area contributed by atoms with Gasteiger partial charge in [0, 0.05) is 37.8 Å². The fraction of sp³-hybridized carbons (Fsp3) is 0.667. The van der Waals surface area contributed by atoms with Gasteiger partial charge in [-0.3, -0.25) is 14.9 Å². The van der Waals surface area contributed by atoms with Gasteiger partial charge in [-0.2, -0.15) is 0 Å². The summed E-state index contributed by atoms with van der Waals surface area (Å²) < 4.78 is 0. The molecule has 8 heteroatoms. The number of nitro benzene ring substituents is 1. The second-order valence-corrected chi connectivity index (χ2v) is 8.68. The Morgan fingerprint density at radius 2 is 1.69 bits per heavy atom. The van der Waals surface area contributed by atoms with Gasteiger partial charge in [-0.25, -0.2) is 0 Å². The lowest BCUT2D eigenvalue weighted by Gasteiger charge is -2.31. The molecule has 29 heavy (non-hydrogen) atoms. The maximum absolute atomic E-state index is 13.1. The van der Waals surface area contributed by atoms with Crippen LogP contribution in [0.3, 0.4) is 0 Å². The van der Waals surface area contributed by atoms with E-state index >= 15 is 0 Å². The van der Waals surface area contributed by atoms with Crippen molar-refractivity contribution >= 4 is 29.7 Å². The van der Waals surface area contributed by atoms with E-state index in [0.717, 1.165) is 65.0 Å². The molecule has 0 radical (unpaired) electrons. The van der Waals surface area contributed by atoms with Crippen LogP contribution >= 0.6 is 12.4 Å². The molecule has 7 nitrogen and oxygen atoms in total. The van der Waals surface area contributed by atoms with Crippen molar-refractivity contribution in [3.05, 3.63) is 33.9 Å². The molecular weight excluding hydrogens is 392 g/mol. The Labute approximate surface area is 178 Å². The van der Waals surface area contributed by atoms with Gasteiger partial charge in [0.1, 0.15) is 5.69 Å². The molecule has 160 valence electrons. The van der Waals surface area contributed by atoms with E-state index in [-0.39, 0.29) is 28.9 Å². The zero-order valence-electron chi connectivity index (χ0n) is 17.0. The molecule has 0 aromatic heterocycles. The summed E-state index contributed by atoms with van der Waals surface area (Å²) in [4.78, 5) is 28.4. The first-order chi connectivity index (χ1) is 13.5. The van der Waals surface area contributed by atoms with Gasteiger partial charge in [0.2, 0.25) is 0 Å². The second-order valence-electron chi connectivity index (χ2n) is 8.68. The number of likely N-dealkylation sites (tertiary alicyclic amines) is 1. The smallest absolute Gasteiger partial charge is 0.293 e. The second kappa shape index (κ2) is 9.30. The van der Waals surface area contributed by atoms with E-state index in [4.69, 9.17) is 0 Å². The van der Waals surface area contributed by atoms with E-state index < -0.39 is 0 Å². The standard InChI is InChI=1S/C21H30N4O3.ClH/c1-15-4-8-23(9-5-15)19-3-2-16(12-20(19)25(27)28)21(26)24-10-6-17-13-22-14-18(17)7-11-24;/h2-3,12,15,17-18,22H,4-11,13-14H2,1H3;1H/t17-,18+;. The summed E-state index contributed by atoms with van der Waals surface area (Å²) in [5.74, 6) is 1.88. The number of nitrogens with one attached hydrogen (secondary N) is 1. The Balaban J connectivity index is 0.00000240. The summed E-state index contributed by atoms with van der Waals surface area (Å²) in [7, 11) is 0. The lowest BCUT2D eigenvalue weighted by molar-refractivity contribution is -0.384. The van der Waals surface area contributed by atoms with Crippen molar-refractivity contribution in [2.45, 2.75) is 32.6 Å². The summed E-state index contributed by atoms with van der Waals surface area (Å²) >= 11 is 0. The molecule has 1 aromatic carbocycles. The maximum atomic E-state index is 13.1. The normalized spacial score (nSPS) is 25.1. The molecule has 3 fully saturated rings. The van der Waals surface area contributed by atoms with Crippen LogP contribution in [0.25, 0.3) is 0 Å². The number of benzene rings is 1. The third kappa shape index (κ3) is 4.67. The average molecular weight is 423 g/mol. The number of fused-ring (bicyclic) bond motifs is 1. The zero-order valence-corrected chi connectivity index (χ0v) is 17.8. The van der Waals surface area contributed by atoms with Crippen LogP contribution < -0.4 is 10.2 Å². The predicted octanol–water partition coefficient (Wildman–Crippen LogP) is 3.32. The van der Waals surface area contributed by atoms with Gasteiger partial charge in [-0.05, 0) is 68.7 Å². The highest BCUT2D eigenvalue weighted by molar-refractivity contribution is 5.95. The number of piperidine rings is 1. The van der Waals surface area contributed by atoms with E-state index in [1.165, 1.54) is 6.07 Å². The number of anilines is 1. The molecule has 2 atom stereocenters. The minimum atomic E-state index is -0.345. The Bertz CT molecular complexity index is 737. The van der Waals surface area contributed by atoms with E-state index in [0.29, 0.717) is 29.0 Å². The van der Waals surface area contributed by atoms with Crippen LogP contribution in [0.15, 0.2) is 18.2 Å². The van der Waals surface area contributed by atoms with Crippen LogP contribution in [0.1, 0.15) is 43.0 Å². The Kier molecular flexibility index (Phi) is 7.01. The van der Waals surface area contributed by atoms with E-state index in [9.17, 15) is 14.9 Å². The largest absolute Gasteiger partial charge is 0.366 e. The minimum Gasteiger partial charge on any atom is -0.366 e. The van der Waals surface area contributed by atoms with Crippen molar-refractivity contribution in [3.8, 4) is 0 Å². The van der Waals surface area contributed by atoms with Crippen LogP contribution in [0, 0.1) is 27.9 Å². The molecule has 3 heterocycles. The Hall–Kier alpha value is -1.86. The number of nitrogens with zero attached hydrogens (tertiary/aromatic N) is 3. The topological polar surface area (TPSA) is 78.7 Å². The highest BCUT2D eigenvalue weighted by Gasteiger charge is 2.32. The fourth-order valence-electron chi connectivity index (χ4n) is 4.92. The van der Waals surface area contributed by atoms with Crippen molar-refractivity contribution < 1.29 is 9.72 Å². The van der Waals surface area contributed by atoms with Crippen molar-refractivity contribution in [2.75, 3.05) is 44.2 Å². The molecule has 0 saturated carbocycles. The quantitative estimate of drug-likeness (QED) is 0.597. The summed E-state index contributed by atoms with van der Waals surface area (Å²) in [5.41, 5.74) is 1.13. The van der Waals surface area contributed by atoms with Crippen LogP contribution in [0.4, 0.5) is 11.4 Å². The molecule has 0 aliphatic carbocycles. The first kappa shape index (κ1) is 21.8. The lowest BCUT2D eigenvalue weighted by atomic mass is 9.92. The lowest BCUT2D eigenvalue weighted by Crippen LogP contribution is -2.34. The molecule has 3 saturated heterocycles. The molecule has 3 aliphatic heterocycles. The van der Waals surface area contributed by atoms with Gasteiger partial charge in [0.05, 0.1) is 4.92 Å². The highest BCUT2D eigenvalue weighted by Crippen LogP contribution is 2.33. The van der Waals surface area contributed by atoms with Crippen molar-refractivity contribution in [1.29, 1.82) is 0 Å². The van der Waals surface area contributed by atoms with Crippen LogP contribution in [-0.2, 0) is 0 Å². The third-order valence-electron chi connectivity index (χ3n) is 6.85. The summed E-state index contributed by atoms with van der Waals surface area (Å²) in [6.45, 7) is 7.44. The van der Waals surface area contributed by atoms with Crippen LogP contribution in [0.2, 0.25) is 0 Å². The number of hydrogen-bond acceptors (Lipinski definition) is 5. The summed E-state index contributed by atoms with van der Waals surface area (Å²) in [5, 5.41) is 15.2. The molecule has 1 N–H and O–H groups in total. The van der Waals surface area contributed by atoms with Crippen LogP contribution in [0.5, 0.6) is 0 Å². The molecule has 0 spiro atoms. The molecule has 0 unspecified atom stereocenters. The number of nitro groups is 1. The Morgan fingerprint density at radius 3 is 2.28 bits per heavy atom. The number of carbonyl (C=O) groups excluding carboxylic acids is 1. The number of rotatable bonds is 3. The SMILES string of the molecule is CC1CCN(c2ccc(C(=O)N3CC[C@@H]4CNC[C@@H]4CC3)cc2[N+](=O)[O-])CC1.Cl. The van der Waals surface area contributed by atoms with Gasteiger partial charge >= 0.3 is 0 Å². The number of hydrogen-bond donors (Lipinski definition) is 1. The number of halogens is 1. The predicted molar refractivity (Wildman–Crippen MR) is 116 cm³/mol. The highest BCUT2D eigenvalue weighted by atomic mass is 35.5. The van der Waals surface area contributed by atoms with E-state index in [2.05, 4.69) is 17.1 Å². The van der Waals surface area contributed by atoms with Gasteiger partial charge in [-0.15, -0.1) is 12.4 Å². The maximum Gasteiger partial charge on any atom is 0.293 e. The molecule has 3 aliphatic rings. The molecule has 0 bridgehead atoms. The van der Waals surface area contributed by atoms with Gasteiger partial charge in [0.25, 0.3) is 11.6 Å². The summed E-state index contributed by atoms with van der Waals surface area (Å²) in [6.07, 6.45) is 4.11. The van der Waals surface area contributed by atoms with E-state index in [1.54, 1.807) is 12.1 Å². The van der Waals surface area contributed by atoms with Crippen molar-refractivity contribution in [2.24, 2.45) is 17.8 Å². The monoisotopic (exact) mass is 422 g/mol. The number of carbonyl (C=O) groups is 1. The van der Waals surface area contributed by atoms with E-state index in [1.807, 2.05) is 4.90 Å². The number of amides is 1. The first-order valence-electron chi connectivity index (χ1n) is 10.6. The van der Waals surface area contributed by atoms with Gasteiger partial charge in [-0.1, -0.05) is 6.92 Å². The van der Waals surface area contributed by atoms with Crippen LogP contribution in [-0.4, -0.2) is 55.0 Å². The minimum absolute atomic E-state index is 0. The first-order valence-corrected chi connectivity index (χ1v) is 10.6.